The van der Waals surface area contributed by atoms with Gasteiger partial charge in [0.1, 0.15) is 5.82 Å². The molecule has 0 aliphatic rings. The number of anilines is 1. The molecular formula is C16H12FN3O2. The molecule has 0 fully saturated rings. The van der Waals surface area contributed by atoms with E-state index >= 15 is 0 Å². The molecule has 0 aliphatic heterocycles. The van der Waals surface area contributed by atoms with E-state index in [-0.39, 0.29) is 5.69 Å². The molecular weight excluding hydrogens is 285 g/mol. The molecule has 3 aromatic rings. The maximum atomic E-state index is 12.9. The maximum absolute atomic E-state index is 12.9. The number of nitrogens with zero attached hydrogens (tertiary/aromatic N) is 2. The summed E-state index contributed by atoms with van der Waals surface area (Å²) in [6, 6.07) is 12.3. The van der Waals surface area contributed by atoms with Crippen molar-refractivity contribution >= 4 is 22.6 Å². The molecule has 0 aliphatic carbocycles. The van der Waals surface area contributed by atoms with E-state index in [1.807, 2.05) is 0 Å². The molecule has 0 bridgehead atoms. The Labute approximate surface area is 125 Å². The number of benzene rings is 2. The summed E-state index contributed by atoms with van der Waals surface area (Å²) in [6.45, 7) is 0. The summed E-state index contributed by atoms with van der Waals surface area (Å²) in [5.41, 5.74) is 0.895. The molecule has 0 atom stereocenters. The Morgan fingerprint density at radius 2 is 1.82 bits per heavy atom. The minimum Gasteiger partial charge on any atom is -0.320 e. The molecule has 1 aromatic heterocycles. The van der Waals surface area contributed by atoms with Gasteiger partial charge in [-0.2, -0.15) is 0 Å². The average molecular weight is 297 g/mol. The van der Waals surface area contributed by atoms with Crippen LogP contribution in [0.4, 0.5) is 10.1 Å². The van der Waals surface area contributed by atoms with Gasteiger partial charge >= 0.3 is 0 Å². The second kappa shape index (κ2) is 5.40. The van der Waals surface area contributed by atoms with Crippen LogP contribution in [0.25, 0.3) is 11.0 Å². The Morgan fingerprint density at radius 3 is 2.55 bits per heavy atom. The molecule has 3 rings (SSSR count). The minimum absolute atomic E-state index is 0.203. The summed E-state index contributed by atoms with van der Waals surface area (Å²) in [5, 5.41) is 2.54. The van der Waals surface area contributed by atoms with Gasteiger partial charge in [-0.3, -0.25) is 9.59 Å². The molecule has 22 heavy (non-hydrogen) atoms. The third kappa shape index (κ3) is 2.46. The van der Waals surface area contributed by atoms with E-state index in [0.29, 0.717) is 16.7 Å². The summed E-state index contributed by atoms with van der Waals surface area (Å²) < 4.78 is 14.2. The quantitative estimate of drug-likeness (QED) is 0.789. The first-order valence-electron chi connectivity index (χ1n) is 6.59. The van der Waals surface area contributed by atoms with E-state index in [1.165, 1.54) is 28.8 Å². The van der Waals surface area contributed by atoms with Gasteiger partial charge in [-0.15, -0.1) is 0 Å². The Bertz CT molecular complexity index is 917. The molecule has 0 spiro atoms. The van der Waals surface area contributed by atoms with Crippen LogP contribution in [0.15, 0.2) is 53.3 Å². The number of amides is 1. The predicted molar refractivity (Wildman–Crippen MR) is 81.3 cm³/mol. The summed E-state index contributed by atoms with van der Waals surface area (Å²) in [4.78, 5) is 28.6. The normalized spacial score (nSPS) is 10.6. The second-order valence-corrected chi connectivity index (χ2v) is 4.77. The van der Waals surface area contributed by atoms with E-state index in [2.05, 4.69) is 10.3 Å². The summed E-state index contributed by atoms with van der Waals surface area (Å²) >= 11 is 0. The Morgan fingerprint density at radius 1 is 1.14 bits per heavy atom. The van der Waals surface area contributed by atoms with Crippen LogP contribution in [0.1, 0.15) is 10.5 Å². The fourth-order valence-corrected chi connectivity index (χ4v) is 2.15. The van der Waals surface area contributed by atoms with Gasteiger partial charge in [-0.05, 0) is 36.4 Å². The lowest BCUT2D eigenvalue weighted by Crippen LogP contribution is -2.29. The van der Waals surface area contributed by atoms with E-state index < -0.39 is 17.3 Å². The van der Waals surface area contributed by atoms with Gasteiger partial charge in [-0.25, -0.2) is 9.37 Å². The molecule has 0 radical (unpaired) electrons. The van der Waals surface area contributed by atoms with Gasteiger partial charge in [0, 0.05) is 12.7 Å². The van der Waals surface area contributed by atoms with Crippen molar-refractivity contribution < 1.29 is 9.18 Å². The number of aromatic nitrogens is 2. The van der Waals surface area contributed by atoms with E-state index in [0.717, 1.165) is 0 Å². The number of fused-ring (bicyclic) bond motifs is 1. The fourth-order valence-electron chi connectivity index (χ4n) is 2.15. The number of hydrogen-bond donors (Lipinski definition) is 1. The number of carbonyl (C=O) groups is 1. The first-order chi connectivity index (χ1) is 10.6. The van der Waals surface area contributed by atoms with Crippen LogP contribution in [0.3, 0.4) is 0 Å². The van der Waals surface area contributed by atoms with Crippen LogP contribution in [0.5, 0.6) is 0 Å². The van der Waals surface area contributed by atoms with Gasteiger partial charge in [0.2, 0.25) is 0 Å². The van der Waals surface area contributed by atoms with Crippen molar-refractivity contribution in [3.63, 3.8) is 0 Å². The number of para-hydroxylation sites is 2. The topological polar surface area (TPSA) is 64.0 Å². The summed E-state index contributed by atoms with van der Waals surface area (Å²) in [6.07, 6.45) is 0. The highest BCUT2D eigenvalue weighted by molar-refractivity contribution is 6.03. The number of nitrogens with one attached hydrogen (secondary N) is 1. The molecule has 0 unspecified atom stereocenters. The van der Waals surface area contributed by atoms with Crippen LogP contribution in [0, 0.1) is 5.82 Å². The molecule has 1 N–H and O–H groups in total. The Hall–Kier alpha value is -3.02. The monoisotopic (exact) mass is 297 g/mol. The Kier molecular flexibility index (Phi) is 3.42. The lowest BCUT2D eigenvalue weighted by atomic mass is 10.2. The highest BCUT2D eigenvalue weighted by Crippen LogP contribution is 2.11. The standard InChI is InChI=1S/C16H12FN3O2/c1-20-13-5-3-2-4-12(13)19-14(16(20)22)15(21)18-11-8-6-10(17)7-9-11/h2-9H,1H3,(H,18,21). The van der Waals surface area contributed by atoms with E-state index in [4.69, 9.17) is 0 Å². The molecule has 110 valence electrons. The first-order valence-corrected chi connectivity index (χ1v) is 6.59. The van der Waals surface area contributed by atoms with Crippen molar-refractivity contribution in [1.82, 2.24) is 9.55 Å². The number of halogens is 1. The highest BCUT2D eigenvalue weighted by atomic mass is 19.1. The summed E-state index contributed by atoms with van der Waals surface area (Å²) in [5.74, 6) is -1.03. The number of rotatable bonds is 2. The highest BCUT2D eigenvalue weighted by Gasteiger charge is 2.16. The van der Waals surface area contributed by atoms with Gasteiger partial charge < -0.3 is 9.88 Å². The smallest absolute Gasteiger partial charge is 0.282 e. The molecule has 0 saturated carbocycles. The zero-order chi connectivity index (χ0) is 15.7. The minimum atomic E-state index is -0.627. The molecule has 6 heteroatoms. The fraction of sp³-hybridized carbons (Fsp3) is 0.0625. The number of carbonyl (C=O) groups excluding carboxylic acids is 1. The number of aryl methyl sites for hydroxylation is 1. The second-order valence-electron chi connectivity index (χ2n) is 4.77. The lowest BCUT2D eigenvalue weighted by Gasteiger charge is -2.08. The van der Waals surface area contributed by atoms with Crippen LogP contribution in [0.2, 0.25) is 0 Å². The van der Waals surface area contributed by atoms with Crippen molar-refractivity contribution in [3.05, 3.63) is 70.4 Å². The first kappa shape index (κ1) is 13.9. The molecule has 0 saturated heterocycles. The van der Waals surface area contributed by atoms with Crippen molar-refractivity contribution in [2.24, 2.45) is 7.05 Å². The average Bonchev–Trinajstić information content (AvgIpc) is 2.53. The Balaban J connectivity index is 2.02. The van der Waals surface area contributed by atoms with E-state index in [9.17, 15) is 14.0 Å². The maximum Gasteiger partial charge on any atom is 0.282 e. The van der Waals surface area contributed by atoms with Gasteiger partial charge in [0.15, 0.2) is 5.69 Å². The van der Waals surface area contributed by atoms with Crippen LogP contribution < -0.4 is 10.9 Å². The third-order valence-electron chi connectivity index (χ3n) is 3.30. The van der Waals surface area contributed by atoms with Crippen molar-refractivity contribution in [2.75, 3.05) is 5.32 Å². The van der Waals surface area contributed by atoms with Crippen molar-refractivity contribution in [3.8, 4) is 0 Å². The van der Waals surface area contributed by atoms with Crippen LogP contribution >= 0.6 is 0 Å². The molecule has 1 heterocycles. The van der Waals surface area contributed by atoms with Crippen molar-refractivity contribution in [2.45, 2.75) is 0 Å². The zero-order valence-electron chi connectivity index (χ0n) is 11.7. The van der Waals surface area contributed by atoms with Gasteiger partial charge in [0.25, 0.3) is 11.5 Å². The van der Waals surface area contributed by atoms with Crippen LogP contribution in [-0.4, -0.2) is 15.5 Å². The van der Waals surface area contributed by atoms with Crippen molar-refractivity contribution in [1.29, 1.82) is 0 Å². The number of hydrogen-bond acceptors (Lipinski definition) is 3. The lowest BCUT2D eigenvalue weighted by molar-refractivity contribution is 0.102. The van der Waals surface area contributed by atoms with Crippen LogP contribution in [-0.2, 0) is 7.05 Å². The zero-order valence-corrected chi connectivity index (χ0v) is 11.7. The van der Waals surface area contributed by atoms with E-state index in [1.54, 1.807) is 31.3 Å². The molecule has 1 amide bonds. The molecule has 5 nitrogen and oxygen atoms in total. The predicted octanol–water partition coefficient (Wildman–Crippen LogP) is 2.32. The van der Waals surface area contributed by atoms with Gasteiger partial charge in [-0.1, -0.05) is 12.1 Å². The summed E-state index contributed by atoms with van der Waals surface area (Å²) in [7, 11) is 1.58. The third-order valence-corrected chi connectivity index (χ3v) is 3.30. The largest absolute Gasteiger partial charge is 0.320 e. The SMILES string of the molecule is Cn1c(=O)c(C(=O)Nc2ccc(F)cc2)nc2ccccc21. The van der Waals surface area contributed by atoms with Gasteiger partial charge in [0.05, 0.1) is 11.0 Å². The molecule has 2 aromatic carbocycles.